The Labute approximate surface area is 153 Å². The van der Waals surface area contributed by atoms with Crippen molar-refractivity contribution in [3.63, 3.8) is 0 Å². The molecule has 1 fully saturated rings. The van der Waals surface area contributed by atoms with Gasteiger partial charge >= 0.3 is 0 Å². The van der Waals surface area contributed by atoms with Gasteiger partial charge in [0.25, 0.3) is 0 Å². The van der Waals surface area contributed by atoms with Crippen molar-refractivity contribution in [1.29, 1.82) is 0 Å². The van der Waals surface area contributed by atoms with Crippen LogP contribution in [-0.2, 0) is 14.8 Å². The number of fused-ring (bicyclic) bond motifs is 1. The molecule has 9 heteroatoms. The van der Waals surface area contributed by atoms with Crippen molar-refractivity contribution < 1.29 is 13.2 Å². The molecule has 0 aromatic carbocycles. The predicted molar refractivity (Wildman–Crippen MR) is 100 cm³/mol. The van der Waals surface area contributed by atoms with Crippen molar-refractivity contribution in [3.05, 3.63) is 18.0 Å². The van der Waals surface area contributed by atoms with Crippen LogP contribution in [0.4, 0.5) is 5.69 Å². The summed E-state index contributed by atoms with van der Waals surface area (Å²) < 4.78 is 26.0. The number of nitrogens with zero attached hydrogens (tertiary/aromatic N) is 3. The van der Waals surface area contributed by atoms with Gasteiger partial charge in [-0.25, -0.2) is 17.7 Å². The molecule has 8 nitrogen and oxygen atoms in total. The first kappa shape index (κ1) is 18.8. The van der Waals surface area contributed by atoms with E-state index in [1.54, 1.807) is 6.20 Å². The smallest absolute Gasteiger partial charge is 0.227 e. The minimum Gasteiger partial charge on any atom is -0.324 e. The second-order valence-corrected chi connectivity index (χ2v) is 8.86. The van der Waals surface area contributed by atoms with Gasteiger partial charge < -0.3 is 5.32 Å². The lowest BCUT2D eigenvalue weighted by Gasteiger charge is -2.30. The van der Waals surface area contributed by atoms with Gasteiger partial charge in [-0.2, -0.15) is 5.10 Å². The van der Waals surface area contributed by atoms with E-state index in [0.29, 0.717) is 43.7 Å². The Bertz CT molecular complexity index is 885. The van der Waals surface area contributed by atoms with E-state index in [0.717, 1.165) is 17.5 Å². The van der Waals surface area contributed by atoms with E-state index < -0.39 is 10.0 Å². The van der Waals surface area contributed by atoms with Crippen molar-refractivity contribution in [1.82, 2.24) is 19.5 Å². The Balaban J connectivity index is 1.58. The molecule has 1 amide bonds. The molecular formula is C17H25N5O3S. The van der Waals surface area contributed by atoms with E-state index in [-0.39, 0.29) is 17.6 Å². The number of amides is 1. The first-order valence-electron chi connectivity index (χ1n) is 9.00. The van der Waals surface area contributed by atoms with Crippen molar-refractivity contribution in [2.75, 3.05) is 24.2 Å². The highest BCUT2D eigenvalue weighted by molar-refractivity contribution is 7.89. The van der Waals surface area contributed by atoms with Crippen LogP contribution in [0.3, 0.4) is 0 Å². The summed E-state index contributed by atoms with van der Waals surface area (Å²) in [6, 6.07) is 1.85. The lowest BCUT2D eigenvalue weighted by Crippen LogP contribution is -2.42. The fraction of sp³-hybridized carbons (Fsp3) is 0.588. The van der Waals surface area contributed by atoms with E-state index in [9.17, 15) is 13.2 Å². The Kier molecular flexibility index (Phi) is 5.57. The molecule has 26 heavy (non-hydrogen) atoms. The SMILES string of the molecule is CCCCS(=O)(=O)N1CCC(C(=O)Nc2cnc3n[nH]c(C)c3c2)CC1. The number of hydrogen-bond donors (Lipinski definition) is 2. The molecule has 3 heterocycles. The molecule has 0 radical (unpaired) electrons. The molecular weight excluding hydrogens is 354 g/mol. The first-order valence-corrected chi connectivity index (χ1v) is 10.6. The van der Waals surface area contributed by atoms with Crippen LogP contribution in [0.5, 0.6) is 0 Å². The maximum absolute atomic E-state index is 12.5. The molecule has 2 aromatic rings. The minimum absolute atomic E-state index is 0.0853. The predicted octanol–water partition coefficient (Wildman–Crippen LogP) is 2.05. The minimum atomic E-state index is -3.19. The number of aryl methyl sites for hydroxylation is 1. The summed E-state index contributed by atoms with van der Waals surface area (Å²) in [5.41, 5.74) is 2.14. The van der Waals surface area contributed by atoms with Gasteiger partial charge in [0.05, 0.1) is 17.6 Å². The molecule has 1 aliphatic rings. The van der Waals surface area contributed by atoms with Crippen LogP contribution in [0.1, 0.15) is 38.3 Å². The third-order valence-corrected chi connectivity index (χ3v) is 6.80. The van der Waals surface area contributed by atoms with Gasteiger partial charge in [-0.1, -0.05) is 13.3 Å². The number of aromatic nitrogens is 3. The van der Waals surface area contributed by atoms with Gasteiger partial charge in [0.1, 0.15) is 0 Å². The van der Waals surface area contributed by atoms with Gasteiger partial charge in [-0.05, 0) is 32.3 Å². The maximum atomic E-state index is 12.5. The van der Waals surface area contributed by atoms with Crippen LogP contribution < -0.4 is 5.32 Å². The Morgan fingerprint density at radius 1 is 1.38 bits per heavy atom. The number of rotatable bonds is 6. The van der Waals surface area contributed by atoms with Gasteiger partial charge in [0.2, 0.25) is 15.9 Å². The fourth-order valence-corrected chi connectivity index (χ4v) is 4.86. The fourth-order valence-electron chi connectivity index (χ4n) is 3.18. The quantitative estimate of drug-likeness (QED) is 0.798. The summed E-state index contributed by atoms with van der Waals surface area (Å²) in [6.07, 6.45) is 4.19. The van der Waals surface area contributed by atoms with E-state index in [4.69, 9.17) is 0 Å². The number of carbonyl (C=O) groups is 1. The normalized spacial score (nSPS) is 16.8. The number of unbranched alkanes of at least 4 members (excludes halogenated alkanes) is 1. The van der Waals surface area contributed by atoms with Crippen LogP contribution in [0.2, 0.25) is 0 Å². The summed E-state index contributed by atoms with van der Waals surface area (Å²) in [5, 5.41) is 10.7. The number of H-pyrrole nitrogens is 1. The van der Waals surface area contributed by atoms with E-state index >= 15 is 0 Å². The molecule has 0 saturated carbocycles. The molecule has 142 valence electrons. The Hall–Kier alpha value is -2.00. The lowest BCUT2D eigenvalue weighted by molar-refractivity contribution is -0.120. The van der Waals surface area contributed by atoms with Crippen LogP contribution >= 0.6 is 0 Å². The van der Waals surface area contributed by atoms with Crippen molar-refractivity contribution in [2.45, 2.75) is 39.5 Å². The number of pyridine rings is 1. The average molecular weight is 379 g/mol. The zero-order valence-corrected chi connectivity index (χ0v) is 16.0. The summed E-state index contributed by atoms with van der Waals surface area (Å²) >= 11 is 0. The molecule has 2 N–H and O–H groups in total. The summed E-state index contributed by atoms with van der Waals surface area (Å²) in [6.45, 7) is 4.69. The Morgan fingerprint density at radius 2 is 2.12 bits per heavy atom. The number of anilines is 1. The zero-order chi connectivity index (χ0) is 18.7. The number of sulfonamides is 1. The number of carbonyl (C=O) groups excluding carboxylic acids is 1. The Morgan fingerprint density at radius 3 is 2.81 bits per heavy atom. The molecule has 0 bridgehead atoms. The number of hydrogen-bond acceptors (Lipinski definition) is 5. The highest BCUT2D eigenvalue weighted by atomic mass is 32.2. The monoisotopic (exact) mass is 379 g/mol. The highest BCUT2D eigenvalue weighted by Gasteiger charge is 2.30. The van der Waals surface area contributed by atoms with Crippen LogP contribution in [0.15, 0.2) is 12.3 Å². The van der Waals surface area contributed by atoms with Gasteiger partial charge in [-0.15, -0.1) is 0 Å². The largest absolute Gasteiger partial charge is 0.324 e. The topological polar surface area (TPSA) is 108 Å². The van der Waals surface area contributed by atoms with Crippen molar-refractivity contribution >= 4 is 32.7 Å². The lowest BCUT2D eigenvalue weighted by atomic mass is 9.97. The number of nitrogens with one attached hydrogen (secondary N) is 2. The standard InChI is InChI=1S/C17H25N5O3S/c1-3-4-9-26(24,25)22-7-5-13(6-8-22)17(23)19-14-10-15-12(2)20-21-16(15)18-11-14/h10-11,13H,3-9H2,1-2H3,(H,19,23)(H,18,20,21). The number of piperidine rings is 1. The molecule has 0 spiro atoms. The summed E-state index contributed by atoms with van der Waals surface area (Å²) in [5.74, 6) is -0.0810. The van der Waals surface area contributed by atoms with Crippen LogP contribution in [0, 0.1) is 12.8 Å². The zero-order valence-electron chi connectivity index (χ0n) is 15.2. The number of aromatic amines is 1. The third-order valence-electron chi connectivity index (χ3n) is 4.84. The average Bonchev–Trinajstić information content (AvgIpc) is 3.01. The van der Waals surface area contributed by atoms with Gasteiger partial charge in [0.15, 0.2) is 5.65 Å². The van der Waals surface area contributed by atoms with E-state index in [1.165, 1.54) is 4.31 Å². The summed E-state index contributed by atoms with van der Waals surface area (Å²) in [4.78, 5) is 16.8. The van der Waals surface area contributed by atoms with Crippen LogP contribution in [0.25, 0.3) is 11.0 Å². The first-order chi connectivity index (χ1) is 12.4. The second kappa shape index (κ2) is 7.71. The summed E-state index contributed by atoms with van der Waals surface area (Å²) in [7, 11) is -3.19. The second-order valence-electron chi connectivity index (χ2n) is 6.78. The third kappa shape index (κ3) is 4.04. The van der Waals surface area contributed by atoms with Gasteiger partial charge in [0, 0.05) is 30.1 Å². The van der Waals surface area contributed by atoms with Crippen LogP contribution in [-0.4, -0.2) is 52.7 Å². The molecule has 0 aliphatic carbocycles. The molecule has 2 aromatic heterocycles. The maximum Gasteiger partial charge on any atom is 0.227 e. The molecule has 3 rings (SSSR count). The van der Waals surface area contributed by atoms with E-state index in [2.05, 4.69) is 20.5 Å². The highest BCUT2D eigenvalue weighted by Crippen LogP contribution is 2.23. The molecule has 0 atom stereocenters. The van der Waals surface area contributed by atoms with E-state index in [1.807, 2.05) is 19.9 Å². The van der Waals surface area contributed by atoms with Crippen molar-refractivity contribution in [3.8, 4) is 0 Å². The molecule has 1 saturated heterocycles. The van der Waals surface area contributed by atoms with Crippen molar-refractivity contribution in [2.24, 2.45) is 5.92 Å². The van der Waals surface area contributed by atoms with Gasteiger partial charge in [-0.3, -0.25) is 9.89 Å². The molecule has 0 unspecified atom stereocenters. The molecule has 1 aliphatic heterocycles.